The maximum atomic E-state index is 13.0. The predicted molar refractivity (Wildman–Crippen MR) is 145 cm³/mol. The molecule has 38 heavy (non-hydrogen) atoms. The minimum Gasteiger partial charge on any atom is -0.346 e. The van der Waals surface area contributed by atoms with Crippen molar-refractivity contribution in [1.29, 1.82) is 0 Å². The normalized spacial score (nSPS) is 12.5. The van der Waals surface area contributed by atoms with Gasteiger partial charge >= 0.3 is 6.18 Å². The van der Waals surface area contributed by atoms with Crippen molar-refractivity contribution in [3.63, 3.8) is 0 Å². The molecule has 6 nitrogen and oxygen atoms in total. The maximum Gasteiger partial charge on any atom is 0.416 e. The smallest absolute Gasteiger partial charge is 0.346 e. The number of hydrogen-bond donors (Lipinski definition) is 2. The molecular formula is C26H19Cl2F3N6S. The molecule has 0 spiro atoms. The number of anilines is 3. The second kappa shape index (κ2) is 10.7. The summed E-state index contributed by atoms with van der Waals surface area (Å²) in [7, 11) is 0. The predicted octanol–water partition coefficient (Wildman–Crippen LogP) is 8.31. The Bertz CT molecular complexity index is 1560. The van der Waals surface area contributed by atoms with Gasteiger partial charge in [-0.1, -0.05) is 46.7 Å². The van der Waals surface area contributed by atoms with Gasteiger partial charge in [-0.15, -0.1) is 0 Å². The van der Waals surface area contributed by atoms with E-state index in [0.717, 1.165) is 23.4 Å². The lowest BCUT2D eigenvalue weighted by atomic mass is 10.1. The second-order valence-corrected chi connectivity index (χ2v) is 10.2. The third-order valence-electron chi connectivity index (χ3n) is 5.64. The van der Waals surface area contributed by atoms with E-state index in [-0.39, 0.29) is 6.04 Å². The first-order valence-electron chi connectivity index (χ1n) is 11.4. The number of halogens is 5. The van der Waals surface area contributed by atoms with Crippen molar-refractivity contribution >= 4 is 62.3 Å². The molecule has 3 aromatic heterocycles. The summed E-state index contributed by atoms with van der Waals surface area (Å²) in [6.45, 7) is 1.93. The van der Waals surface area contributed by atoms with Gasteiger partial charge < -0.3 is 10.6 Å². The van der Waals surface area contributed by atoms with Gasteiger partial charge in [-0.3, -0.25) is 4.98 Å². The van der Waals surface area contributed by atoms with Gasteiger partial charge in [0.05, 0.1) is 17.3 Å². The molecule has 194 valence electrons. The highest BCUT2D eigenvalue weighted by Gasteiger charge is 2.30. The molecular weight excluding hydrogens is 556 g/mol. The van der Waals surface area contributed by atoms with Crippen molar-refractivity contribution in [2.75, 3.05) is 10.6 Å². The molecule has 5 rings (SSSR count). The van der Waals surface area contributed by atoms with E-state index >= 15 is 0 Å². The van der Waals surface area contributed by atoms with E-state index in [4.69, 9.17) is 28.2 Å². The molecule has 0 saturated heterocycles. The second-order valence-electron chi connectivity index (χ2n) is 8.35. The average Bonchev–Trinajstić information content (AvgIpc) is 3.29. The lowest BCUT2D eigenvalue weighted by Crippen LogP contribution is -2.11. The number of thiazole rings is 1. The Kier molecular flexibility index (Phi) is 7.38. The van der Waals surface area contributed by atoms with Crippen LogP contribution in [0.15, 0.2) is 66.9 Å². The van der Waals surface area contributed by atoms with Crippen molar-refractivity contribution in [3.8, 4) is 0 Å². The van der Waals surface area contributed by atoms with Crippen LogP contribution in [0.1, 0.15) is 34.8 Å². The van der Waals surface area contributed by atoms with E-state index in [1.165, 1.54) is 23.5 Å². The van der Waals surface area contributed by atoms with Crippen LogP contribution in [0.4, 0.5) is 30.6 Å². The number of rotatable bonds is 7. The first-order valence-corrected chi connectivity index (χ1v) is 13.0. The molecule has 0 aliphatic carbocycles. The van der Waals surface area contributed by atoms with Crippen LogP contribution in [0, 0.1) is 0 Å². The minimum atomic E-state index is -4.43. The van der Waals surface area contributed by atoms with Gasteiger partial charge in [0.2, 0.25) is 5.95 Å². The quantitative estimate of drug-likeness (QED) is 0.203. The van der Waals surface area contributed by atoms with Crippen LogP contribution < -0.4 is 10.6 Å². The molecule has 0 saturated carbocycles. The van der Waals surface area contributed by atoms with Gasteiger partial charge in [-0.25, -0.2) is 9.97 Å². The summed E-state index contributed by atoms with van der Waals surface area (Å²) >= 11 is 14.1. The molecule has 0 amide bonds. The minimum absolute atomic E-state index is 0.207. The van der Waals surface area contributed by atoms with Crippen LogP contribution >= 0.6 is 34.5 Å². The monoisotopic (exact) mass is 574 g/mol. The number of pyridine rings is 1. The highest BCUT2D eigenvalue weighted by atomic mass is 35.5. The molecule has 0 aliphatic rings. The summed E-state index contributed by atoms with van der Waals surface area (Å²) in [6.07, 6.45) is -2.35. The lowest BCUT2D eigenvalue weighted by Gasteiger charge is -2.14. The SMILES string of the molecule is CC(Nc1nc(Nc2ccc(C(F)(F)F)cc2)c2nc(Cc3c(Cl)cccc3Cl)sc2n1)c1ccccn1. The Hall–Kier alpha value is -3.47. The van der Waals surface area contributed by atoms with Gasteiger partial charge in [0, 0.05) is 28.4 Å². The summed E-state index contributed by atoms with van der Waals surface area (Å²) in [5.41, 5.74) is 1.69. The van der Waals surface area contributed by atoms with Crippen molar-refractivity contribution in [2.45, 2.75) is 25.6 Å². The van der Waals surface area contributed by atoms with Crippen LogP contribution in [0.5, 0.6) is 0 Å². The average molecular weight is 575 g/mol. The molecule has 5 aromatic rings. The number of fused-ring (bicyclic) bond motifs is 1. The Morgan fingerprint density at radius 2 is 1.66 bits per heavy atom. The molecule has 3 heterocycles. The molecule has 0 aliphatic heterocycles. The van der Waals surface area contributed by atoms with Crippen LogP contribution in [0.2, 0.25) is 10.0 Å². The standard InChI is InChI=1S/C26H19Cl2F3N6S/c1-14(20-7-2-3-12-32-20)33-25-36-23(34-16-10-8-15(9-11-16)26(29,30)31)22-24(37-25)38-21(35-22)13-17-18(27)5-4-6-19(17)28/h2-12,14H,13H2,1H3,(H2,33,34,36,37). The number of alkyl halides is 3. The van der Waals surface area contributed by atoms with Crippen LogP contribution in [0.3, 0.4) is 0 Å². The Morgan fingerprint density at radius 1 is 0.921 bits per heavy atom. The van der Waals surface area contributed by atoms with Crippen molar-refractivity contribution in [1.82, 2.24) is 19.9 Å². The number of hydrogen-bond acceptors (Lipinski definition) is 7. The van der Waals surface area contributed by atoms with E-state index in [1.54, 1.807) is 24.4 Å². The van der Waals surface area contributed by atoms with Gasteiger partial charge in [0.15, 0.2) is 10.6 Å². The Morgan fingerprint density at radius 3 is 2.32 bits per heavy atom. The number of nitrogens with zero attached hydrogens (tertiary/aromatic N) is 4. The zero-order chi connectivity index (χ0) is 26.9. The molecule has 0 radical (unpaired) electrons. The zero-order valence-corrected chi connectivity index (χ0v) is 22.1. The summed E-state index contributed by atoms with van der Waals surface area (Å²) < 4.78 is 39.1. The van der Waals surface area contributed by atoms with Gasteiger partial charge in [-0.2, -0.15) is 18.2 Å². The topological polar surface area (TPSA) is 75.6 Å². The van der Waals surface area contributed by atoms with Crippen LogP contribution in [-0.4, -0.2) is 19.9 Å². The fraction of sp³-hybridized carbons (Fsp3) is 0.154. The van der Waals surface area contributed by atoms with E-state index in [0.29, 0.717) is 49.3 Å². The fourth-order valence-electron chi connectivity index (χ4n) is 3.72. The van der Waals surface area contributed by atoms with Crippen molar-refractivity contribution in [3.05, 3.63) is 98.7 Å². The molecule has 0 fully saturated rings. The molecule has 1 atom stereocenters. The Labute approximate surface area is 229 Å². The zero-order valence-electron chi connectivity index (χ0n) is 19.7. The third-order valence-corrected chi connectivity index (χ3v) is 7.30. The van der Waals surface area contributed by atoms with E-state index < -0.39 is 11.7 Å². The number of benzene rings is 2. The first-order chi connectivity index (χ1) is 18.2. The number of nitrogens with one attached hydrogen (secondary N) is 2. The first kappa shape index (κ1) is 26.1. The summed E-state index contributed by atoms with van der Waals surface area (Å²) in [5.74, 6) is 0.661. The maximum absolute atomic E-state index is 13.0. The largest absolute Gasteiger partial charge is 0.416 e. The fourth-order valence-corrected chi connectivity index (χ4v) is 5.20. The Balaban J connectivity index is 1.52. The molecule has 2 N–H and O–H groups in total. The van der Waals surface area contributed by atoms with Crippen molar-refractivity contribution in [2.24, 2.45) is 0 Å². The van der Waals surface area contributed by atoms with Crippen LogP contribution in [0.25, 0.3) is 10.3 Å². The van der Waals surface area contributed by atoms with E-state index in [1.807, 2.05) is 25.1 Å². The highest BCUT2D eigenvalue weighted by Crippen LogP contribution is 2.34. The number of aromatic nitrogens is 4. The van der Waals surface area contributed by atoms with Crippen molar-refractivity contribution < 1.29 is 13.2 Å². The van der Waals surface area contributed by atoms with Crippen LogP contribution in [-0.2, 0) is 12.6 Å². The van der Waals surface area contributed by atoms with Gasteiger partial charge in [-0.05, 0) is 61.0 Å². The molecule has 12 heteroatoms. The van der Waals surface area contributed by atoms with E-state index in [2.05, 4.69) is 25.6 Å². The third kappa shape index (κ3) is 5.82. The van der Waals surface area contributed by atoms with Gasteiger partial charge in [0.1, 0.15) is 10.5 Å². The summed E-state index contributed by atoms with van der Waals surface area (Å²) in [6, 6.07) is 15.4. The van der Waals surface area contributed by atoms with Gasteiger partial charge in [0.25, 0.3) is 0 Å². The highest BCUT2D eigenvalue weighted by molar-refractivity contribution is 7.18. The molecule has 2 aromatic carbocycles. The lowest BCUT2D eigenvalue weighted by molar-refractivity contribution is -0.137. The molecule has 1 unspecified atom stereocenters. The summed E-state index contributed by atoms with van der Waals surface area (Å²) in [4.78, 5) is 18.9. The molecule has 0 bridgehead atoms. The van der Waals surface area contributed by atoms with E-state index in [9.17, 15) is 13.2 Å². The summed E-state index contributed by atoms with van der Waals surface area (Å²) in [5, 5.41) is 8.10.